The molecule has 0 aliphatic carbocycles. The van der Waals surface area contributed by atoms with Gasteiger partial charge in [0.25, 0.3) is 0 Å². The first-order valence-electron chi connectivity index (χ1n) is 4.45. The summed E-state index contributed by atoms with van der Waals surface area (Å²) in [5.74, 6) is 0.307. The van der Waals surface area contributed by atoms with Crippen LogP contribution in [0.3, 0.4) is 0 Å². The van der Waals surface area contributed by atoms with E-state index in [-0.39, 0.29) is 0 Å². The summed E-state index contributed by atoms with van der Waals surface area (Å²) in [5, 5.41) is 3.54. The van der Waals surface area contributed by atoms with Crippen LogP contribution in [0.2, 0.25) is 0 Å². The molecule has 0 amide bonds. The van der Waals surface area contributed by atoms with Crippen molar-refractivity contribution in [3.63, 3.8) is 0 Å². The predicted molar refractivity (Wildman–Crippen MR) is 51.5 cm³/mol. The van der Waals surface area contributed by atoms with Crippen molar-refractivity contribution in [1.82, 2.24) is 15.1 Å². The molecule has 0 saturated carbocycles. The smallest absolute Gasteiger partial charge is 0.439 e. The predicted octanol–water partition coefficient (Wildman–Crippen LogP) is 0.824. The third kappa shape index (κ3) is 2.04. The van der Waals surface area contributed by atoms with Crippen LogP contribution in [0.15, 0.2) is 27.6 Å². The number of nitrogens with one attached hydrogen (secondary N) is 1. The first-order chi connectivity index (χ1) is 7.29. The fourth-order valence-electron chi connectivity index (χ4n) is 1.11. The maximum Gasteiger partial charge on any atom is 0.439 e. The van der Waals surface area contributed by atoms with E-state index in [2.05, 4.69) is 19.6 Å². The summed E-state index contributed by atoms with van der Waals surface area (Å²) in [6.45, 7) is 2.44. The molecule has 0 atom stereocenters. The van der Waals surface area contributed by atoms with Gasteiger partial charge in [-0.3, -0.25) is 9.51 Å². The van der Waals surface area contributed by atoms with E-state index in [9.17, 15) is 4.79 Å². The van der Waals surface area contributed by atoms with Crippen LogP contribution in [-0.2, 0) is 0 Å². The molecule has 0 aliphatic rings. The number of nitrogens with zero attached hydrogens (tertiary/aromatic N) is 2. The van der Waals surface area contributed by atoms with E-state index in [1.807, 2.05) is 6.92 Å². The van der Waals surface area contributed by atoms with Crippen molar-refractivity contribution in [1.29, 1.82) is 0 Å². The van der Waals surface area contributed by atoms with Crippen molar-refractivity contribution >= 4 is 0 Å². The number of aromatic nitrogens is 3. The SMILES string of the molecule is CCOc1ccc(-c2noc(=O)[nH]2)cn1. The molecule has 0 unspecified atom stereocenters. The third-order valence-electron chi connectivity index (χ3n) is 1.74. The van der Waals surface area contributed by atoms with Crippen LogP contribution in [0, 0.1) is 0 Å². The molecule has 0 bridgehead atoms. The monoisotopic (exact) mass is 207 g/mol. The number of hydrogen-bond donors (Lipinski definition) is 1. The van der Waals surface area contributed by atoms with Crippen LogP contribution in [0.25, 0.3) is 11.4 Å². The maximum atomic E-state index is 10.7. The van der Waals surface area contributed by atoms with E-state index >= 15 is 0 Å². The Labute approximate surface area is 84.9 Å². The van der Waals surface area contributed by atoms with E-state index < -0.39 is 5.76 Å². The highest BCUT2D eigenvalue weighted by Gasteiger charge is 2.04. The Bertz CT molecular complexity index is 486. The second-order valence-electron chi connectivity index (χ2n) is 2.76. The molecule has 0 spiro atoms. The average Bonchev–Trinajstić information content (AvgIpc) is 2.67. The Morgan fingerprint density at radius 3 is 2.93 bits per heavy atom. The Hall–Kier alpha value is -2.11. The highest BCUT2D eigenvalue weighted by molar-refractivity contribution is 5.52. The third-order valence-corrected chi connectivity index (χ3v) is 1.74. The molecule has 6 heteroatoms. The lowest BCUT2D eigenvalue weighted by Crippen LogP contribution is -1.96. The number of ether oxygens (including phenoxy) is 1. The molecule has 15 heavy (non-hydrogen) atoms. The molecular weight excluding hydrogens is 198 g/mol. The van der Waals surface area contributed by atoms with Gasteiger partial charge in [0, 0.05) is 17.8 Å². The van der Waals surface area contributed by atoms with Crippen molar-refractivity contribution in [2.45, 2.75) is 6.92 Å². The van der Waals surface area contributed by atoms with Gasteiger partial charge >= 0.3 is 5.76 Å². The van der Waals surface area contributed by atoms with Crippen molar-refractivity contribution in [2.75, 3.05) is 6.61 Å². The van der Waals surface area contributed by atoms with Crippen molar-refractivity contribution in [3.8, 4) is 17.3 Å². The molecule has 0 aliphatic heterocycles. The van der Waals surface area contributed by atoms with Gasteiger partial charge < -0.3 is 4.74 Å². The zero-order valence-electron chi connectivity index (χ0n) is 8.06. The summed E-state index contributed by atoms with van der Waals surface area (Å²) in [6.07, 6.45) is 1.55. The van der Waals surface area contributed by atoms with Gasteiger partial charge in [-0.2, -0.15) is 0 Å². The summed E-state index contributed by atoms with van der Waals surface area (Å²) in [6, 6.07) is 3.44. The van der Waals surface area contributed by atoms with Gasteiger partial charge in [0.1, 0.15) is 0 Å². The van der Waals surface area contributed by atoms with Crippen LogP contribution in [-0.4, -0.2) is 21.7 Å². The summed E-state index contributed by atoms with van der Waals surface area (Å²) in [4.78, 5) is 17.2. The van der Waals surface area contributed by atoms with Gasteiger partial charge in [-0.15, -0.1) is 0 Å². The molecule has 2 rings (SSSR count). The summed E-state index contributed by atoms with van der Waals surface area (Å²) >= 11 is 0. The Kier molecular flexibility index (Phi) is 2.49. The molecule has 0 radical (unpaired) electrons. The molecular formula is C9H9N3O3. The van der Waals surface area contributed by atoms with Crippen molar-refractivity contribution < 1.29 is 9.26 Å². The van der Waals surface area contributed by atoms with E-state index in [4.69, 9.17) is 4.74 Å². The molecule has 0 fully saturated rings. The molecule has 1 N–H and O–H groups in total. The minimum atomic E-state index is -0.584. The average molecular weight is 207 g/mol. The van der Waals surface area contributed by atoms with Gasteiger partial charge in [0.2, 0.25) is 5.88 Å². The van der Waals surface area contributed by atoms with Gasteiger partial charge in [0.15, 0.2) is 5.82 Å². The van der Waals surface area contributed by atoms with Crippen LogP contribution >= 0.6 is 0 Å². The number of aromatic amines is 1. The van der Waals surface area contributed by atoms with Crippen LogP contribution in [0.4, 0.5) is 0 Å². The lowest BCUT2D eigenvalue weighted by atomic mass is 10.3. The highest BCUT2D eigenvalue weighted by atomic mass is 16.5. The van der Waals surface area contributed by atoms with E-state index in [1.54, 1.807) is 18.3 Å². The first-order valence-corrected chi connectivity index (χ1v) is 4.45. The molecule has 0 saturated heterocycles. The fourth-order valence-corrected chi connectivity index (χ4v) is 1.11. The molecule has 2 aromatic rings. The fraction of sp³-hybridized carbons (Fsp3) is 0.222. The van der Waals surface area contributed by atoms with Crippen LogP contribution in [0.5, 0.6) is 5.88 Å². The van der Waals surface area contributed by atoms with Gasteiger partial charge in [-0.1, -0.05) is 5.16 Å². The molecule has 0 aromatic carbocycles. The quantitative estimate of drug-likeness (QED) is 0.805. The van der Waals surface area contributed by atoms with E-state index in [1.165, 1.54) is 0 Å². The number of pyridine rings is 1. The highest BCUT2D eigenvalue weighted by Crippen LogP contribution is 2.14. The number of hydrogen-bond acceptors (Lipinski definition) is 5. The minimum absolute atomic E-state index is 0.357. The lowest BCUT2D eigenvalue weighted by Gasteiger charge is -2.00. The van der Waals surface area contributed by atoms with Crippen molar-refractivity contribution in [3.05, 3.63) is 28.9 Å². The van der Waals surface area contributed by atoms with Gasteiger partial charge in [-0.25, -0.2) is 9.78 Å². The standard InChI is InChI=1S/C9H9N3O3/c1-2-14-7-4-3-6(5-10-7)8-11-9(13)15-12-8/h3-5H,2H2,1H3,(H,11,12,13). The maximum absolute atomic E-state index is 10.7. The largest absolute Gasteiger partial charge is 0.478 e. The number of H-pyrrole nitrogens is 1. The summed E-state index contributed by atoms with van der Waals surface area (Å²) < 4.78 is 9.55. The molecule has 2 heterocycles. The second kappa shape index (κ2) is 3.95. The summed E-state index contributed by atoms with van der Waals surface area (Å²) in [7, 11) is 0. The molecule has 6 nitrogen and oxygen atoms in total. The molecule has 2 aromatic heterocycles. The van der Waals surface area contributed by atoms with Crippen molar-refractivity contribution in [2.24, 2.45) is 0 Å². The van der Waals surface area contributed by atoms with Gasteiger partial charge in [0.05, 0.1) is 6.61 Å². The topological polar surface area (TPSA) is 81.0 Å². The minimum Gasteiger partial charge on any atom is -0.478 e. The second-order valence-corrected chi connectivity index (χ2v) is 2.76. The summed E-state index contributed by atoms with van der Waals surface area (Å²) in [5.41, 5.74) is 0.671. The van der Waals surface area contributed by atoms with Crippen LogP contribution < -0.4 is 10.5 Å². The first kappa shape index (κ1) is 9.45. The Morgan fingerprint density at radius 1 is 1.53 bits per heavy atom. The number of rotatable bonds is 3. The van der Waals surface area contributed by atoms with Crippen LogP contribution in [0.1, 0.15) is 6.92 Å². The Balaban J connectivity index is 2.27. The normalized spacial score (nSPS) is 10.2. The van der Waals surface area contributed by atoms with Gasteiger partial charge in [-0.05, 0) is 13.0 Å². The van der Waals surface area contributed by atoms with E-state index in [0.29, 0.717) is 23.9 Å². The van der Waals surface area contributed by atoms with E-state index in [0.717, 1.165) is 0 Å². The lowest BCUT2D eigenvalue weighted by molar-refractivity contribution is 0.327. The zero-order valence-corrected chi connectivity index (χ0v) is 8.06. The zero-order chi connectivity index (χ0) is 10.7. The molecule has 78 valence electrons. The Morgan fingerprint density at radius 2 is 2.40 bits per heavy atom.